The first-order valence-corrected chi connectivity index (χ1v) is 10.3. The van der Waals surface area contributed by atoms with Crippen molar-refractivity contribution in [1.29, 1.82) is 0 Å². The molecule has 0 atom stereocenters. The predicted molar refractivity (Wildman–Crippen MR) is 117 cm³/mol. The lowest BCUT2D eigenvalue weighted by atomic mass is 10.1. The molecule has 2 aromatic carbocycles. The number of carbonyl (C=O) groups excluding carboxylic acids is 1. The number of hydrogen-bond acceptors (Lipinski definition) is 5. The number of aromatic nitrogens is 3. The van der Waals surface area contributed by atoms with E-state index < -0.39 is 0 Å². The molecule has 0 aliphatic heterocycles. The summed E-state index contributed by atoms with van der Waals surface area (Å²) in [5.74, 6) is 0.938. The number of amides is 1. The Kier molecular flexibility index (Phi) is 5.15. The lowest BCUT2D eigenvalue weighted by molar-refractivity contribution is -0.113. The molecule has 7 heteroatoms. The Morgan fingerprint density at radius 2 is 1.83 bits per heavy atom. The van der Waals surface area contributed by atoms with Gasteiger partial charge in [0, 0.05) is 17.1 Å². The number of aryl methyl sites for hydroxylation is 3. The van der Waals surface area contributed by atoms with Gasteiger partial charge in [0.1, 0.15) is 5.75 Å². The first kappa shape index (κ1) is 19.3. The zero-order chi connectivity index (χ0) is 20.5. The first-order chi connectivity index (χ1) is 14.0. The molecule has 2 aromatic heterocycles. The Morgan fingerprint density at radius 1 is 1.07 bits per heavy atom. The summed E-state index contributed by atoms with van der Waals surface area (Å²) >= 11 is 1.37. The Labute approximate surface area is 173 Å². The maximum atomic E-state index is 12.6. The number of hydrogen-bond donors (Lipinski definition) is 1. The van der Waals surface area contributed by atoms with Crippen molar-refractivity contribution in [3.05, 3.63) is 59.2 Å². The van der Waals surface area contributed by atoms with Crippen LogP contribution in [-0.4, -0.2) is 33.4 Å². The highest BCUT2D eigenvalue weighted by Crippen LogP contribution is 2.29. The van der Waals surface area contributed by atoms with Crippen LogP contribution < -0.4 is 10.1 Å². The fraction of sp³-hybridized carbons (Fsp3) is 0.227. The van der Waals surface area contributed by atoms with Crippen LogP contribution in [0.15, 0.2) is 47.6 Å². The lowest BCUT2D eigenvalue weighted by Crippen LogP contribution is -2.16. The van der Waals surface area contributed by atoms with Gasteiger partial charge in [-0.1, -0.05) is 30.0 Å². The highest BCUT2D eigenvalue weighted by atomic mass is 32.2. The summed E-state index contributed by atoms with van der Waals surface area (Å²) < 4.78 is 7.36. The van der Waals surface area contributed by atoms with Gasteiger partial charge in [-0.25, -0.2) is 0 Å². The summed E-state index contributed by atoms with van der Waals surface area (Å²) in [6, 6.07) is 13.9. The van der Waals surface area contributed by atoms with E-state index >= 15 is 0 Å². The Balaban J connectivity index is 1.63. The van der Waals surface area contributed by atoms with E-state index in [2.05, 4.69) is 15.5 Å². The molecule has 0 aliphatic rings. The summed E-state index contributed by atoms with van der Waals surface area (Å²) in [6.07, 6.45) is 0. The van der Waals surface area contributed by atoms with Gasteiger partial charge in [-0.2, -0.15) is 0 Å². The minimum atomic E-state index is -0.0712. The third-order valence-corrected chi connectivity index (χ3v) is 5.88. The standard InChI is InChI=1S/C22H22N4O2S/c1-13-6-5-7-14(2)21(13)23-20(27)12-29-22-25-24-19-10-15(3)17-9-8-16(28-4)11-18(17)26(19)22/h5-11H,12H2,1-4H3,(H,23,27). The van der Waals surface area contributed by atoms with E-state index in [1.165, 1.54) is 11.8 Å². The maximum Gasteiger partial charge on any atom is 0.234 e. The molecule has 0 unspecified atom stereocenters. The van der Waals surface area contributed by atoms with Crippen LogP contribution >= 0.6 is 11.8 Å². The molecule has 0 bridgehead atoms. The number of thioether (sulfide) groups is 1. The summed E-state index contributed by atoms with van der Waals surface area (Å²) in [4.78, 5) is 12.6. The number of anilines is 1. The second-order valence-electron chi connectivity index (χ2n) is 6.99. The Morgan fingerprint density at radius 3 is 2.55 bits per heavy atom. The summed E-state index contributed by atoms with van der Waals surface area (Å²) in [5, 5.41) is 13.4. The van der Waals surface area contributed by atoms with Crippen LogP contribution in [0.25, 0.3) is 16.6 Å². The average molecular weight is 407 g/mol. The van der Waals surface area contributed by atoms with Crippen LogP contribution in [0.2, 0.25) is 0 Å². The smallest absolute Gasteiger partial charge is 0.234 e. The molecule has 0 saturated heterocycles. The molecule has 0 fully saturated rings. The molecule has 1 N–H and O–H groups in total. The van der Waals surface area contributed by atoms with Gasteiger partial charge in [0.25, 0.3) is 0 Å². The molecule has 1 amide bonds. The van der Waals surface area contributed by atoms with Crippen molar-refractivity contribution in [2.24, 2.45) is 0 Å². The minimum Gasteiger partial charge on any atom is -0.497 e. The van der Waals surface area contributed by atoms with Crippen molar-refractivity contribution in [3.8, 4) is 5.75 Å². The van der Waals surface area contributed by atoms with Crippen LogP contribution in [0.4, 0.5) is 5.69 Å². The average Bonchev–Trinajstić information content (AvgIpc) is 3.12. The number of benzene rings is 2. The maximum absolute atomic E-state index is 12.6. The first-order valence-electron chi connectivity index (χ1n) is 9.29. The molecule has 0 spiro atoms. The van der Waals surface area contributed by atoms with Crippen molar-refractivity contribution in [1.82, 2.24) is 14.6 Å². The van der Waals surface area contributed by atoms with E-state index in [4.69, 9.17) is 4.74 Å². The van der Waals surface area contributed by atoms with Gasteiger partial charge in [-0.15, -0.1) is 10.2 Å². The number of ether oxygens (including phenoxy) is 1. The van der Waals surface area contributed by atoms with Crippen molar-refractivity contribution >= 4 is 39.9 Å². The molecule has 4 aromatic rings. The Hall–Kier alpha value is -3.06. The molecule has 148 valence electrons. The molecule has 4 rings (SSSR count). The molecular weight excluding hydrogens is 384 g/mol. The molecule has 0 saturated carbocycles. The van der Waals surface area contributed by atoms with E-state index in [1.54, 1.807) is 7.11 Å². The monoisotopic (exact) mass is 406 g/mol. The van der Waals surface area contributed by atoms with Crippen molar-refractivity contribution in [3.63, 3.8) is 0 Å². The molecule has 2 heterocycles. The zero-order valence-electron chi connectivity index (χ0n) is 16.8. The van der Waals surface area contributed by atoms with E-state index in [-0.39, 0.29) is 11.7 Å². The van der Waals surface area contributed by atoms with E-state index in [0.29, 0.717) is 5.16 Å². The summed E-state index contributed by atoms with van der Waals surface area (Å²) in [7, 11) is 1.65. The Bertz CT molecular complexity index is 1210. The predicted octanol–water partition coefficient (Wildman–Crippen LogP) is 4.55. The van der Waals surface area contributed by atoms with Gasteiger partial charge in [0.2, 0.25) is 5.91 Å². The van der Waals surface area contributed by atoms with Gasteiger partial charge in [0.15, 0.2) is 10.8 Å². The van der Waals surface area contributed by atoms with Crippen LogP contribution in [0, 0.1) is 20.8 Å². The zero-order valence-corrected chi connectivity index (χ0v) is 17.6. The van der Waals surface area contributed by atoms with Crippen LogP contribution in [-0.2, 0) is 4.79 Å². The number of rotatable bonds is 5. The van der Waals surface area contributed by atoms with Crippen molar-refractivity contribution < 1.29 is 9.53 Å². The van der Waals surface area contributed by atoms with Gasteiger partial charge < -0.3 is 10.1 Å². The van der Waals surface area contributed by atoms with Gasteiger partial charge in [0.05, 0.1) is 18.4 Å². The SMILES string of the molecule is COc1ccc2c(C)cc3nnc(SCC(=O)Nc4c(C)cccc4C)n3c2c1. The van der Waals surface area contributed by atoms with Gasteiger partial charge in [-0.05, 0) is 55.7 Å². The fourth-order valence-corrected chi connectivity index (χ4v) is 4.19. The van der Waals surface area contributed by atoms with Crippen molar-refractivity contribution in [2.45, 2.75) is 25.9 Å². The molecule has 0 aliphatic carbocycles. The van der Waals surface area contributed by atoms with Gasteiger partial charge >= 0.3 is 0 Å². The molecule has 0 radical (unpaired) electrons. The third kappa shape index (κ3) is 3.65. The number of carbonyl (C=O) groups is 1. The molecule has 29 heavy (non-hydrogen) atoms. The second kappa shape index (κ2) is 7.75. The number of methoxy groups -OCH3 is 1. The number of nitrogens with one attached hydrogen (secondary N) is 1. The van der Waals surface area contributed by atoms with Crippen LogP contribution in [0.1, 0.15) is 16.7 Å². The largest absolute Gasteiger partial charge is 0.497 e. The topological polar surface area (TPSA) is 68.5 Å². The highest BCUT2D eigenvalue weighted by molar-refractivity contribution is 7.99. The number of fused-ring (bicyclic) bond motifs is 3. The minimum absolute atomic E-state index is 0.0712. The summed E-state index contributed by atoms with van der Waals surface area (Å²) in [6.45, 7) is 6.03. The fourth-order valence-electron chi connectivity index (χ4n) is 3.44. The van der Waals surface area contributed by atoms with E-state index in [9.17, 15) is 4.79 Å². The number of para-hydroxylation sites is 1. The number of pyridine rings is 1. The van der Waals surface area contributed by atoms with Crippen LogP contribution in [0.3, 0.4) is 0 Å². The number of nitrogens with zero attached hydrogens (tertiary/aromatic N) is 3. The van der Waals surface area contributed by atoms with E-state index in [1.807, 2.05) is 67.6 Å². The highest BCUT2D eigenvalue weighted by Gasteiger charge is 2.15. The second-order valence-corrected chi connectivity index (χ2v) is 7.93. The van der Waals surface area contributed by atoms with Crippen molar-refractivity contribution in [2.75, 3.05) is 18.2 Å². The van der Waals surface area contributed by atoms with Gasteiger partial charge in [-0.3, -0.25) is 9.20 Å². The normalized spacial score (nSPS) is 11.2. The molecule has 6 nitrogen and oxygen atoms in total. The van der Waals surface area contributed by atoms with E-state index in [0.717, 1.165) is 44.7 Å². The third-order valence-electron chi connectivity index (χ3n) is 4.95. The molecular formula is C22H22N4O2S. The lowest BCUT2D eigenvalue weighted by Gasteiger charge is -2.11. The summed E-state index contributed by atoms with van der Waals surface area (Å²) in [5.41, 5.74) is 5.79. The quantitative estimate of drug-likeness (QED) is 0.493. The van der Waals surface area contributed by atoms with Crippen LogP contribution in [0.5, 0.6) is 5.75 Å².